The lowest BCUT2D eigenvalue weighted by atomic mass is 10.2. The van der Waals surface area contributed by atoms with Gasteiger partial charge in [-0.1, -0.05) is 30.3 Å². The molecule has 2 aromatic rings. The van der Waals surface area contributed by atoms with Gasteiger partial charge in [-0.15, -0.1) is 0 Å². The third-order valence-electron chi connectivity index (χ3n) is 6.04. The molecule has 30 heavy (non-hydrogen) atoms. The number of ether oxygens (including phenoxy) is 2. The smallest absolute Gasteiger partial charge is 0.267 e. The van der Waals surface area contributed by atoms with Crippen LogP contribution in [0.3, 0.4) is 0 Å². The molecule has 0 aliphatic carbocycles. The van der Waals surface area contributed by atoms with Gasteiger partial charge in [-0.05, 0) is 30.2 Å². The van der Waals surface area contributed by atoms with Crippen LogP contribution in [0.15, 0.2) is 48.5 Å². The molecule has 0 aromatic heterocycles. The Morgan fingerprint density at radius 2 is 1.57 bits per heavy atom. The Kier molecular flexibility index (Phi) is 4.94. The molecule has 1 fully saturated rings. The first-order chi connectivity index (χ1) is 14.7. The first-order valence-electron chi connectivity index (χ1n) is 10.5. The van der Waals surface area contributed by atoms with Crippen molar-refractivity contribution in [3.63, 3.8) is 0 Å². The van der Waals surface area contributed by atoms with Crippen LogP contribution < -0.4 is 14.4 Å². The van der Waals surface area contributed by atoms with Crippen LogP contribution in [0.5, 0.6) is 11.5 Å². The Bertz CT molecular complexity index is 955. The second kappa shape index (κ2) is 7.89. The lowest BCUT2D eigenvalue weighted by Gasteiger charge is -2.37. The van der Waals surface area contributed by atoms with Gasteiger partial charge in [0.05, 0.1) is 6.54 Å². The van der Waals surface area contributed by atoms with E-state index >= 15 is 0 Å². The van der Waals surface area contributed by atoms with Gasteiger partial charge in [-0.2, -0.15) is 0 Å². The fraction of sp³-hybridized carbons (Fsp3) is 0.391. The summed E-state index contributed by atoms with van der Waals surface area (Å²) < 4.78 is 11.5. The van der Waals surface area contributed by atoms with Crippen molar-refractivity contribution in [2.45, 2.75) is 12.5 Å². The van der Waals surface area contributed by atoms with E-state index in [1.165, 1.54) is 5.56 Å². The quantitative estimate of drug-likeness (QED) is 0.773. The van der Waals surface area contributed by atoms with Crippen LogP contribution in [0.25, 0.3) is 0 Å². The number of para-hydroxylation sites is 3. The first kappa shape index (κ1) is 18.8. The van der Waals surface area contributed by atoms with Crippen molar-refractivity contribution in [1.82, 2.24) is 9.80 Å². The summed E-state index contributed by atoms with van der Waals surface area (Å²) >= 11 is 0. The van der Waals surface area contributed by atoms with Crippen LogP contribution in [0.2, 0.25) is 0 Å². The molecule has 7 nitrogen and oxygen atoms in total. The van der Waals surface area contributed by atoms with Crippen molar-refractivity contribution in [1.29, 1.82) is 0 Å². The van der Waals surface area contributed by atoms with Crippen LogP contribution in [-0.2, 0) is 16.0 Å². The SMILES string of the molecule is O=C(CN1CCc2ccccc21)N1CCN(C(=O)[C@@H]2COc3ccccc3O2)CC1. The molecule has 0 radical (unpaired) electrons. The standard InChI is InChI=1S/C23H25N3O4/c27-22(15-26-10-9-17-5-1-2-6-18(17)26)24-11-13-25(14-12-24)23(28)21-16-29-19-7-3-4-8-20(19)30-21/h1-8,21H,9-16H2/t21-/m0/s1. The molecule has 0 bridgehead atoms. The second-order valence-corrected chi connectivity index (χ2v) is 7.87. The summed E-state index contributed by atoms with van der Waals surface area (Å²) in [4.78, 5) is 31.5. The maximum Gasteiger partial charge on any atom is 0.267 e. The number of nitrogens with zero attached hydrogens (tertiary/aromatic N) is 3. The summed E-state index contributed by atoms with van der Waals surface area (Å²) in [7, 11) is 0. The predicted octanol–water partition coefficient (Wildman–Crippen LogP) is 1.56. The number of carbonyl (C=O) groups excluding carboxylic acids is 2. The number of hydrogen-bond acceptors (Lipinski definition) is 5. The molecule has 5 rings (SSSR count). The highest BCUT2D eigenvalue weighted by atomic mass is 16.6. The second-order valence-electron chi connectivity index (χ2n) is 7.87. The lowest BCUT2D eigenvalue weighted by molar-refractivity contribution is -0.145. The summed E-state index contributed by atoms with van der Waals surface area (Å²) in [5.74, 6) is 1.30. The Hall–Kier alpha value is -3.22. The van der Waals surface area contributed by atoms with E-state index in [4.69, 9.17) is 9.47 Å². The summed E-state index contributed by atoms with van der Waals surface area (Å²) in [5.41, 5.74) is 2.46. The molecule has 0 N–H and O–H groups in total. The van der Waals surface area contributed by atoms with Gasteiger partial charge >= 0.3 is 0 Å². The van der Waals surface area contributed by atoms with E-state index in [2.05, 4.69) is 17.0 Å². The van der Waals surface area contributed by atoms with Gasteiger partial charge in [0.2, 0.25) is 12.0 Å². The highest BCUT2D eigenvalue weighted by Crippen LogP contribution is 2.31. The first-order valence-corrected chi connectivity index (χ1v) is 10.5. The van der Waals surface area contributed by atoms with Gasteiger partial charge < -0.3 is 24.2 Å². The molecular formula is C23H25N3O4. The van der Waals surface area contributed by atoms with Crippen LogP contribution >= 0.6 is 0 Å². The molecule has 3 aliphatic heterocycles. The van der Waals surface area contributed by atoms with Gasteiger partial charge in [0.25, 0.3) is 5.91 Å². The van der Waals surface area contributed by atoms with E-state index in [0.29, 0.717) is 44.2 Å². The van der Waals surface area contributed by atoms with Crippen LogP contribution in [0, 0.1) is 0 Å². The number of rotatable bonds is 3. The lowest BCUT2D eigenvalue weighted by Crippen LogP contribution is -2.56. The van der Waals surface area contributed by atoms with Crippen molar-refractivity contribution in [2.24, 2.45) is 0 Å². The summed E-state index contributed by atoms with van der Waals surface area (Å²) in [6.45, 7) is 3.61. The average molecular weight is 407 g/mol. The Morgan fingerprint density at radius 3 is 2.40 bits per heavy atom. The number of amides is 2. The minimum Gasteiger partial charge on any atom is -0.485 e. The molecule has 7 heteroatoms. The Balaban J connectivity index is 1.14. The van der Waals surface area contributed by atoms with E-state index in [1.807, 2.05) is 41.3 Å². The van der Waals surface area contributed by atoms with Crippen molar-refractivity contribution < 1.29 is 19.1 Å². The molecule has 156 valence electrons. The zero-order valence-electron chi connectivity index (χ0n) is 16.8. The zero-order chi connectivity index (χ0) is 20.5. The minimum absolute atomic E-state index is 0.0786. The van der Waals surface area contributed by atoms with E-state index in [0.717, 1.165) is 18.7 Å². The fourth-order valence-corrected chi connectivity index (χ4v) is 4.36. The van der Waals surface area contributed by atoms with Gasteiger partial charge in [0, 0.05) is 38.4 Å². The third kappa shape index (κ3) is 3.56. The maximum absolute atomic E-state index is 12.9. The molecule has 0 saturated carbocycles. The summed E-state index contributed by atoms with van der Waals surface area (Å²) in [5, 5.41) is 0. The zero-order valence-corrected chi connectivity index (χ0v) is 16.8. The van der Waals surface area contributed by atoms with Gasteiger partial charge in [0.1, 0.15) is 6.61 Å². The number of anilines is 1. The normalized spacial score (nSPS) is 20.1. The van der Waals surface area contributed by atoms with E-state index in [-0.39, 0.29) is 18.4 Å². The number of benzene rings is 2. The number of fused-ring (bicyclic) bond motifs is 2. The molecule has 2 aromatic carbocycles. The summed E-state index contributed by atoms with van der Waals surface area (Å²) in [6.07, 6.45) is 0.349. The van der Waals surface area contributed by atoms with Crippen molar-refractivity contribution in [2.75, 3.05) is 50.8 Å². The highest BCUT2D eigenvalue weighted by Gasteiger charge is 2.34. The van der Waals surface area contributed by atoms with Gasteiger partial charge in [-0.3, -0.25) is 9.59 Å². The molecule has 0 unspecified atom stereocenters. The van der Waals surface area contributed by atoms with Crippen molar-refractivity contribution >= 4 is 17.5 Å². The fourth-order valence-electron chi connectivity index (χ4n) is 4.36. The molecule has 0 spiro atoms. The van der Waals surface area contributed by atoms with E-state index in [1.54, 1.807) is 4.90 Å². The largest absolute Gasteiger partial charge is 0.485 e. The maximum atomic E-state index is 12.9. The van der Waals surface area contributed by atoms with Crippen LogP contribution in [0.1, 0.15) is 5.56 Å². The van der Waals surface area contributed by atoms with E-state index < -0.39 is 6.10 Å². The molecule has 2 amide bonds. The monoisotopic (exact) mass is 407 g/mol. The summed E-state index contributed by atoms with van der Waals surface area (Å²) in [6, 6.07) is 15.6. The third-order valence-corrected chi connectivity index (χ3v) is 6.04. The molecule has 3 heterocycles. The minimum atomic E-state index is -0.636. The number of hydrogen-bond donors (Lipinski definition) is 0. The van der Waals surface area contributed by atoms with E-state index in [9.17, 15) is 9.59 Å². The predicted molar refractivity (Wildman–Crippen MR) is 112 cm³/mol. The molecule has 1 saturated heterocycles. The van der Waals surface area contributed by atoms with Gasteiger partial charge in [-0.25, -0.2) is 0 Å². The molecule has 3 aliphatic rings. The topological polar surface area (TPSA) is 62.3 Å². The molecular weight excluding hydrogens is 382 g/mol. The van der Waals surface area contributed by atoms with Crippen LogP contribution in [0.4, 0.5) is 5.69 Å². The van der Waals surface area contributed by atoms with Gasteiger partial charge in [0.15, 0.2) is 11.5 Å². The van der Waals surface area contributed by atoms with Crippen LogP contribution in [-0.4, -0.2) is 73.6 Å². The number of piperazine rings is 1. The molecule has 1 atom stereocenters. The van der Waals surface area contributed by atoms with Crippen molar-refractivity contribution in [3.8, 4) is 11.5 Å². The van der Waals surface area contributed by atoms with Crippen molar-refractivity contribution in [3.05, 3.63) is 54.1 Å². The average Bonchev–Trinajstić information content (AvgIpc) is 3.21. The Morgan fingerprint density at radius 1 is 0.867 bits per heavy atom. The number of carbonyl (C=O) groups is 2. The Labute approximate surface area is 175 Å². The highest BCUT2D eigenvalue weighted by molar-refractivity contribution is 5.84.